The van der Waals surface area contributed by atoms with Gasteiger partial charge < -0.3 is 11.5 Å². The van der Waals surface area contributed by atoms with Gasteiger partial charge in [0.05, 0.1) is 0 Å². The third-order valence-electron chi connectivity index (χ3n) is 3.07. The Bertz CT molecular complexity index is 126. The van der Waals surface area contributed by atoms with Crippen LogP contribution in [0, 0.1) is 6.42 Å². The molecule has 0 rings (SSSR count). The van der Waals surface area contributed by atoms with Crippen LogP contribution in [0.15, 0.2) is 0 Å². The molecule has 1 nitrogen and oxygen atoms in total. The number of aliphatic hydroxyl groups excluding tert-OH is 1. The van der Waals surface area contributed by atoms with E-state index in [0.29, 0.717) is 0 Å². The molecule has 0 fully saturated rings. The maximum Gasteiger partial charge on any atom is 1.00 e. The SMILES string of the molecule is CCCCCCCCCCCC[CH-]C(C)O.[Na+]. The molecular formula is C15H31NaO. The summed E-state index contributed by atoms with van der Waals surface area (Å²) in [5, 5.41) is 9.04. The van der Waals surface area contributed by atoms with Crippen LogP contribution in [-0.4, -0.2) is 11.2 Å². The second-order valence-electron chi connectivity index (χ2n) is 4.95. The fraction of sp³-hybridized carbons (Fsp3) is 0.933. The third kappa shape index (κ3) is 19.5. The Kier molecular flexibility index (Phi) is 20.2. The molecule has 0 aliphatic heterocycles. The Labute approximate surface area is 131 Å². The number of hydrogen-bond donors (Lipinski definition) is 1. The fourth-order valence-corrected chi connectivity index (χ4v) is 1.99. The molecule has 0 amide bonds. The van der Waals surface area contributed by atoms with Crippen molar-refractivity contribution in [1.82, 2.24) is 0 Å². The van der Waals surface area contributed by atoms with Gasteiger partial charge in [-0.05, 0) is 0 Å². The van der Waals surface area contributed by atoms with Gasteiger partial charge in [-0.15, -0.1) is 0 Å². The zero-order valence-electron chi connectivity index (χ0n) is 12.4. The molecule has 0 spiro atoms. The molecule has 0 aromatic heterocycles. The van der Waals surface area contributed by atoms with E-state index in [1.165, 1.54) is 64.2 Å². The summed E-state index contributed by atoms with van der Waals surface area (Å²) in [5.41, 5.74) is 0. The second kappa shape index (κ2) is 17.0. The second-order valence-corrected chi connectivity index (χ2v) is 4.95. The molecule has 2 heteroatoms. The van der Waals surface area contributed by atoms with Crippen LogP contribution in [0.4, 0.5) is 0 Å². The first-order valence-electron chi connectivity index (χ1n) is 7.28. The van der Waals surface area contributed by atoms with Crippen molar-refractivity contribution >= 4 is 0 Å². The van der Waals surface area contributed by atoms with Crippen molar-refractivity contribution in [3.05, 3.63) is 6.42 Å². The summed E-state index contributed by atoms with van der Waals surface area (Å²) < 4.78 is 0. The Morgan fingerprint density at radius 2 is 1.24 bits per heavy atom. The Hall–Kier alpha value is 0.960. The molecular weight excluding hydrogens is 219 g/mol. The first kappa shape index (κ1) is 20.3. The maximum absolute atomic E-state index is 9.04. The van der Waals surface area contributed by atoms with E-state index >= 15 is 0 Å². The first-order chi connectivity index (χ1) is 7.77. The van der Waals surface area contributed by atoms with Crippen LogP contribution in [0.2, 0.25) is 0 Å². The van der Waals surface area contributed by atoms with E-state index in [1.54, 1.807) is 0 Å². The van der Waals surface area contributed by atoms with E-state index in [2.05, 4.69) is 6.92 Å². The van der Waals surface area contributed by atoms with Gasteiger partial charge in [0.15, 0.2) is 0 Å². The Morgan fingerprint density at radius 3 is 1.65 bits per heavy atom. The van der Waals surface area contributed by atoms with E-state index in [0.717, 1.165) is 6.42 Å². The van der Waals surface area contributed by atoms with E-state index in [1.807, 2.05) is 13.3 Å². The van der Waals surface area contributed by atoms with Crippen molar-refractivity contribution in [1.29, 1.82) is 0 Å². The number of aliphatic hydroxyl groups is 1. The first-order valence-corrected chi connectivity index (χ1v) is 7.28. The van der Waals surface area contributed by atoms with Gasteiger partial charge in [0, 0.05) is 0 Å². The normalized spacial score (nSPS) is 12.2. The molecule has 1 N–H and O–H groups in total. The smallest absolute Gasteiger partial charge is 0.425 e. The minimum Gasteiger partial charge on any atom is -0.425 e. The minimum absolute atomic E-state index is 0. The van der Waals surface area contributed by atoms with E-state index in [9.17, 15) is 0 Å². The van der Waals surface area contributed by atoms with Crippen LogP contribution in [0.1, 0.15) is 84.5 Å². The predicted octanol–water partition coefficient (Wildman–Crippen LogP) is 1.89. The predicted molar refractivity (Wildman–Crippen MR) is 72.4 cm³/mol. The van der Waals surface area contributed by atoms with Gasteiger partial charge in [-0.3, -0.25) is 0 Å². The summed E-state index contributed by atoms with van der Waals surface area (Å²) >= 11 is 0. The van der Waals surface area contributed by atoms with Gasteiger partial charge in [0.1, 0.15) is 0 Å². The summed E-state index contributed by atoms with van der Waals surface area (Å²) in [4.78, 5) is 0. The van der Waals surface area contributed by atoms with E-state index < -0.39 is 0 Å². The maximum atomic E-state index is 9.04. The van der Waals surface area contributed by atoms with Crippen LogP contribution in [-0.2, 0) is 0 Å². The molecule has 0 radical (unpaired) electrons. The Balaban J connectivity index is 0. The zero-order chi connectivity index (χ0) is 12.1. The molecule has 17 heavy (non-hydrogen) atoms. The van der Waals surface area contributed by atoms with Crippen molar-refractivity contribution in [2.45, 2.75) is 90.6 Å². The quantitative estimate of drug-likeness (QED) is 0.318. The summed E-state index contributed by atoms with van der Waals surface area (Å²) in [6, 6.07) is 0. The fourth-order valence-electron chi connectivity index (χ4n) is 1.99. The molecule has 1 atom stereocenters. The summed E-state index contributed by atoms with van der Waals surface area (Å²) in [6.07, 6.45) is 16.7. The van der Waals surface area contributed by atoms with E-state index in [-0.39, 0.29) is 35.7 Å². The Morgan fingerprint density at radius 1 is 0.824 bits per heavy atom. The third-order valence-corrected chi connectivity index (χ3v) is 3.07. The topological polar surface area (TPSA) is 20.2 Å². The van der Waals surface area contributed by atoms with Crippen molar-refractivity contribution in [2.24, 2.45) is 0 Å². The van der Waals surface area contributed by atoms with Crippen LogP contribution < -0.4 is 29.6 Å². The van der Waals surface area contributed by atoms with Crippen LogP contribution in [0.25, 0.3) is 0 Å². The van der Waals surface area contributed by atoms with Crippen LogP contribution >= 0.6 is 0 Å². The van der Waals surface area contributed by atoms with Gasteiger partial charge in [0.2, 0.25) is 0 Å². The minimum atomic E-state index is -0.224. The molecule has 0 aliphatic rings. The van der Waals surface area contributed by atoms with Crippen molar-refractivity contribution < 1.29 is 34.7 Å². The number of rotatable bonds is 12. The molecule has 0 saturated heterocycles. The molecule has 0 aromatic carbocycles. The molecule has 0 heterocycles. The molecule has 1 unspecified atom stereocenters. The standard InChI is InChI=1S/C15H31O.Na/c1-3-4-5-6-7-8-9-10-11-12-13-14-15(2)16;/h14-16H,3-13H2,1-2H3;/q-1;+1. The van der Waals surface area contributed by atoms with Crippen molar-refractivity contribution in [3.63, 3.8) is 0 Å². The summed E-state index contributed by atoms with van der Waals surface area (Å²) in [6.45, 7) is 4.10. The monoisotopic (exact) mass is 250 g/mol. The molecule has 0 aliphatic carbocycles. The summed E-state index contributed by atoms with van der Waals surface area (Å²) in [5.74, 6) is 0. The van der Waals surface area contributed by atoms with Crippen molar-refractivity contribution in [2.75, 3.05) is 0 Å². The average molecular weight is 250 g/mol. The zero-order valence-corrected chi connectivity index (χ0v) is 14.4. The van der Waals surface area contributed by atoms with Gasteiger partial charge in [0.25, 0.3) is 0 Å². The van der Waals surface area contributed by atoms with Gasteiger partial charge in [-0.1, -0.05) is 84.2 Å². The summed E-state index contributed by atoms with van der Waals surface area (Å²) in [7, 11) is 0. The average Bonchev–Trinajstić information content (AvgIpc) is 2.25. The van der Waals surface area contributed by atoms with Crippen LogP contribution in [0.3, 0.4) is 0 Å². The molecule has 0 saturated carbocycles. The number of hydrogen-bond acceptors (Lipinski definition) is 1. The molecule has 0 bridgehead atoms. The van der Waals surface area contributed by atoms with Crippen LogP contribution in [0.5, 0.6) is 0 Å². The van der Waals surface area contributed by atoms with Crippen molar-refractivity contribution in [3.8, 4) is 0 Å². The molecule has 0 aromatic rings. The van der Waals surface area contributed by atoms with E-state index in [4.69, 9.17) is 5.11 Å². The van der Waals surface area contributed by atoms with Gasteiger partial charge in [-0.2, -0.15) is 6.42 Å². The van der Waals surface area contributed by atoms with Gasteiger partial charge in [-0.25, -0.2) is 0 Å². The van der Waals surface area contributed by atoms with Gasteiger partial charge >= 0.3 is 29.6 Å². The number of unbranched alkanes of at least 4 members (excludes halogenated alkanes) is 10. The largest absolute Gasteiger partial charge is 1.00 e. The molecule has 98 valence electrons.